The molecule has 1 aliphatic rings. The third-order valence-electron chi connectivity index (χ3n) is 7.11. The number of methoxy groups -OCH3 is 1. The largest absolute Gasteiger partial charge is 0.494 e. The zero-order chi connectivity index (χ0) is 24.2. The average molecular weight is 458 g/mol. The van der Waals surface area contributed by atoms with E-state index in [-0.39, 0.29) is 5.41 Å². The van der Waals surface area contributed by atoms with E-state index in [0.29, 0.717) is 0 Å². The van der Waals surface area contributed by atoms with Crippen molar-refractivity contribution in [2.45, 2.75) is 26.2 Å². The number of aromatic nitrogens is 2. The van der Waals surface area contributed by atoms with E-state index >= 15 is 0 Å². The van der Waals surface area contributed by atoms with E-state index in [0.717, 1.165) is 39.4 Å². The summed E-state index contributed by atoms with van der Waals surface area (Å²) in [5, 5.41) is 1.06. The number of nitrogens with zero attached hydrogens (tertiary/aromatic N) is 3. The van der Waals surface area contributed by atoms with Gasteiger partial charge in [-0.1, -0.05) is 62.4 Å². The van der Waals surface area contributed by atoms with Crippen LogP contribution < -0.4 is 9.64 Å². The Morgan fingerprint density at radius 1 is 0.829 bits per heavy atom. The normalized spacial score (nSPS) is 13.9. The van der Waals surface area contributed by atoms with E-state index in [4.69, 9.17) is 14.7 Å². The van der Waals surface area contributed by atoms with Gasteiger partial charge in [-0.3, -0.25) is 4.90 Å². The molecular weight excluding hydrogens is 430 g/mol. The van der Waals surface area contributed by atoms with E-state index in [2.05, 4.69) is 86.3 Å². The summed E-state index contributed by atoms with van der Waals surface area (Å²) in [7, 11) is 1.69. The number of rotatable bonds is 3. The molecule has 4 heteroatoms. The standard InChI is InChI=1S/C31H27N3O/c1-20-9-7-11-25-29(20)31(2,3)23-16-14-22(19-26(23)34(25)28-13-5-6-18-32-28)24-17-15-21-10-8-12-27(35-4)30(21)33-24/h5-19H,1-4H3. The summed E-state index contributed by atoms with van der Waals surface area (Å²) in [6.07, 6.45) is 1.85. The number of pyridine rings is 2. The minimum Gasteiger partial charge on any atom is -0.494 e. The molecule has 0 amide bonds. The number of anilines is 3. The highest BCUT2D eigenvalue weighted by molar-refractivity contribution is 5.90. The van der Waals surface area contributed by atoms with Crippen molar-refractivity contribution in [1.82, 2.24) is 9.97 Å². The highest BCUT2D eigenvalue weighted by atomic mass is 16.5. The fourth-order valence-electron chi connectivity index (χ4n) is 5.50. The Labute approximate surface area is 205 Å². The predicted molar refractivity (Wildman–Crippen MR) is 143 cm³/mol. The first kappa shape index (κ1) is 21.4. The molecule has 0 radical (unpaired) electrons. The van der Waals surface area contributed by atoms with E-state index in [1.807, 2.05) is 30.5 Å². The minimum absolute atomic E-state index is 0.153. The summed E-state index contributed by atoms with van der Waals surface area (Å²) in [6.45, 7) is 6.82. The molecule has 172 valence electrons. The van der Waals surface area contributed by atoms with Gasteiger partial charge in [0.1, 0.15) is 17.1 Å². The van der Waals surface area contributed by atoms with Crippen LogP contribution in [0, 0.1) is 6.92 Å². The van der Waals surface area contributed by atoms with E-state index in [9.17, 15) is 0 Å². The van der Waals surface area contributed by atoms with Crippen LogP contribution in [0.2, 0.25) is 0 Å². The molecule has 0 saturated heterocycles. The molecule has 0 saturated carbocycles. The molecule has 0 bridgehead atoms. The van der Waals surface area contributed by atoms with Crippen molar-refractivity contribution in [2.24, 2.45) is 0 Å². The van der Waals surface area contributed by atoms with Gasteiger partial charge in [-0.05, 0) is 60.0 Å². The minimum atomic E-state index is -0.153. The molecule has 0 unspecified atom stereocenters. The molecular formula is C31H27N3O. The van der Waals surface area contributed by atoms with Crippen LogP contribution in [0.1, 0.15) is 30.5 Å². The smallest absolute Gasteiger partial charge is 0.145 e. The summed E-state index contributed by atoms with van der Waals surface area (Å²) >= 11 is 0. The number of hydrogen-bond donors (Lipinski definition) is 0. The van der Waals surface area contributed by atoms with Gasteiger partial charge >= 0.3 is 0 Å². The Balaban J connectivity index is 1.60. The van der Waals surface area contributed by atoms with Crippen LogP contribution in [0.4, 0.5) is 17.2 Å². The predicted octanol–water partition coefficient (Wildman–Crippen LogP) is 7.72. The molecule has 0 spiro atoms. The van der Waals surface area contributed by atoms with Gasteiger partial charge in [0.15, 0.2) is 0 Å². The monoisotopic (exact) mass is 457 g/mol. The second-order valence-corrected chi connectivity index (χ2v) is 9.58. The van der Waals surface area contributed by atoms with Crippen molar-refractivity contribution < 1.29 is 4.74 Å². The highest BCUT2D eigenvalue weighted by Gasteiger charge is 2.38. The molecule has 4 nitrogen and oxygen atoms in total. The second kappa shape index (κ2) is 7.95. The molecule has 0 atom stereocenters. The average Bonchev–Trinajstić information content (AvgIpc) is 2.88. The Hall–Kier alpha value is -4.18. The lowest BCUT2D eigenvalue weighted by atomic mass is 9.71. The number of fused-ring (bicyclic) bond motifs is 3. The third kappa shape index (κ3) is 3.28. The molecule has 5 aromatic rings. The van der Waals surface area contributed by atoms with Crippen LogP contribution in [0.3, 0.4) is 0 Å². The summed E-state index contributed by atoms with van der Waals surface area (Å²) in [5.41, 5.74) is 8.88. The van der Waals surface area contributed by atoms with Crippen molar-refractivity contribution in [3.8, 4) is 17.0 Å². The quantitative estimate of drug-likeness (QED) is 0.278. The molecule has 3 aromatic carbocycles. The molecule has 1 aliphatic heterocycles. The van der Waals surface area contributed by atoms with Gasteiger partial charge in [0, 0.05) is 22.6 Å². The van der Waals surface area contributed by atoms with Crippen molar-refractivity contribution in [3.05, 3.63) is 108 Å². The van der Waals surface area contributed by atoms with Crippen LogP contribution in [-0.4, -0.2) is 17.1 Å². The number of para-hydroxylation sites is 1. The fraction of sp³-hybridized carbons (Fsp3) is 0.161. The first-order valence-corrected chi connectivity index (χ1v) is 11.9. The lowest BCUT2D eigenvalue weighted by Gasteiger charge is -2.42. The van der Waals surface area contributed by atoms with Gasteiger partial charge in [0.25, 0.3) is 0 Å². The van der Waals surface area contributed by atoms with Gasteiger partial charge in [-0.2, -0.15) is 0 Å². The van der Waals surface area contributed by atoms with Crippen LogP contribution in [0.15, 0.2) is 91.1 Å². The summed E-state index contributed by atoms with van der Waals surface area (Å²) < 4.78 is 5.58. The van der Waals surface area contributed by atoms with Crippen molar-refractivity contribution in [2.75, 3.05) is 12.0 Å². The third-order valence-corrected chi connectivity index (χ3v) is 7.11. The maximum absolute atomic E-state index is 5.58. The lowest BCUT2D eigenvalue weighted by Crippen LogP contribution is -2.31. The Bertz CT molecular complexity index is 1570. The Morgan fingerprint density at radius 2 is 1.69 bits per heavy atom. The topological polar surface area (TPSA) is 38.2 Å². The molecule has 35 heavy (non-hydrogen) atoms. The zero-order valence-electron chi connectivity index (χ0n) is 20.4. The number of ether oxygens (including phenoxy) is 1. The number of benzene rings is 3. The maximum atomic E-state index is 5.58. The summed E-state index contributed by atoms with van der Waals surface area (Å²) in [6, 6.07) is 29.5. The SMILES string of the molecule is COc1cccc2ccc(-c3ccc4c(c3)N(c3ccccn3)c3cccc(C)c3C4(C)C)nc12. The van der Waals surface area contributed by atoms with Gasteiger partial charge in [0.2, 0.25) is 0 Å². The molecule has 0 aliphatic carbocycles. The molecule has 0 N–H and O–H groups in total. The van der Waals surface area contributed by atoms with Crippen molar-refractivity contribution in [3.63, 3.8) is 0 Å². The van der Waals surface area contributed by atoms with E-state index < -0.39 is 0 Å². The first-order chi connectivity index (χ1) is 17.0. The summed E-state index contributed by atoms with van der Waals surface area (Å²) in [5.74, 6) is 1.68. The number of aryl methyl sites for hydroxylation is 1. The van der Waals surface area contributed by atoms with Gasteiger partial charge in [-0.15, -0.1) is 0 Å². The van der Waals surface area contributed by atoms with Crippen LogP contribution in [0.25, 0.3) is 22.2 Å². The second-order valence-electron chi connectivity index (χ2n) is 9.58. The van der Waals surface area contributed by atoms with Crippen molar-refractivity contribution >= 4 is 28.1 Å². The zero-order valence-corrected chi connectivity index (χ0v) is 20.4. The number of hydrogen-bond acceptors (Lipinski definition) is 4. The Morgan fingerprint density at radius 3 is 2.49 bits per heavy atom. The van der Waals surface area contributed by atoms with Gasteiger partial charge < -0.3 is 4.74 Å². The van der Waals surface area contributed by atoms with Crippen LogP contribution in [-0.2, 0) is 5.41 Å². The lowest BCUT2D eigenvalue weighted by molar-refractivity contribution is 0.419. The molecule has 0 fully saturated rings. The van der Waals surface area contributed by atoms with E-state index in [1.54, 1.807) is 7.11 Å². The van der Waals surface area contributed by atoms with Crippen LogP contribution >= 0.6 is 0 Å². The molecule has 2 aromatic heterocycles. The van der Waals surface area contributed by atoms with Gasteiger partial charge in [-0.25, -0.2) is 9.97 Å². The fourth-order valence-corrected chi connectivity index (χ4v) is 5.50. The maximum Gasteiger partial charge on any atom is 0.145 e. The summed E-state index contributed by atoms with van der Waals surface area (Å²) in [4.78, 5) is 12.0. The first-order valence-electron chi connectivity index (χ1n) is 11.9. The Kier molecular flexibility index (Phi) is 4.85. The molecule has 3 heterocycles. The van der Waals surface area contributed by atoms with E-state index in [1.165, 1.54) is 22.4 Å². The molecule has 6 rings (SSSR count). The van der Waals surface area contributed by atoms with Crippen molar-refractivity contribution in [1.29, 1.82) is 0 Å². The van der Waals surface area contributed by atoms with Crippen LogP contribution in [0.5, 0.6) is 5.75 Å². The van der Waals surface area contributed by atoms with Gasteiger partial charge in [0.05, 0.1) is 24.2 Å². The highest BCUT2D eigenvalue weighted by Crippen LogP contribution is 2.53.